The first kappa shape index (κ1) is 16.5. The number of aromatic amines is 1. The maximum Gasteiger partial charge on any atom is 0.267 e. The van der Waals surface area contributed by atoms with Crippen LogP contribution in [-0.2, 0) is 0 Å². The van der Waals surface area contributed by atoms with Gasteiger partial charge in [0, 0.05) is 12.2 Å². The first-order chi connectivity index (χ1) is 11.0. The van der Waals surface area contributed by atoms with Crippen LogP contribution in [0.1, 0.15) is 35.7 Å². The molecule has 1 heterocycles. The molecule has 1 amide bonds. The summed E-state index contributed by atoms with van der Waals surface area (Å²) < 4.78 is 0. The number of carbonyl (C=O) groups excluding carboxylic acids is 1. The normalized spacial score (nSPS) is 10.3. The monoisotopic (exact) mass is 315 g/mol. The van der Waals surface area contributed by atoms with Gasteiger partial charge in [0.25, 0.3) is 11.5 Å². The minimum absolute atomic E-state index is 0.144. The molecule has 2 rings (SSSR count). The number of amides is 1. The fourth-order valence-corrected chi connectivity index (χ4v) is 2.12. The number of unbranched alkanes of at least 4 members (excludes halogenated alkanes) is 1. The van der Waals surface area contributed by atoms with Crippen molar-refractivity contribution >= 4 is 23.4 Å². The number of nitrogens with one attached hydrogen (secondary N) is 3. The number of anilines is 3. The van der Waals surface area contributed by atoms with E-state index in [-0.39, 0.29) is 11.4 Å². The number of aromatic nitrogens is 2. The van der Waals surface area contributed by atoms with Crippen LogP contribution in [0.2, 0.25) is 0 Å². The highest BCUT2D eigenvalue weighted by Crippen LogP contribution is 2.18. The lowest BCUT2D eigenvalue weighted by Crippen LogP contribution is -2.27. The average molecular weight is 315 g/mol. The lowest BCUT2D eigenvalue weighted by Gasteiger charge is -2.12. The molecule has 0 bridgehead atoms. The summed E-state index contributed by atoms with van der Waals surface area (Å²) in [5.41, 5.74) is 6.33. The summed E-state index contributed by atoms with van der Waals surface area (Å²) in [6, 6.07) is 7.53. The van der Waals surface area contributed by atoms with Gasteiger partial charge >= 0.3 is 0 Å². The first-order valence-corrected chi connectivity index (χ1v) is 7.53. The van der Waals surface area contributed by atoms with Crippen LogP contribution < -0.4 is 21.9 Å². The number of carbonyl (C=O) groups is 1. The van der Waals surface area contributed by atoms with Gasteiger partial charge in [0.1, 0.15) is 5.56 Å². The molecule has 2 aromatic rings. The molecule has 0 saturated carbocycles. The Labute approximate surface area is 134 Å². The molecule has 0 aliphatic heterocycles. The van der Waals surface area contributed by atoms with Gasteiger partial charge in [-0.25, -0.2) is 0 Å². The second-order valence-corrected chi connectivity index (χ2v) is 5.28. The summed E-state index contributed by atoms with van der Waals surface area (Å²) in [5, 5.41) is 6.03. The van der Waals surface area contributed by atoms with Crippen LogP contribution in [0.4, 0.5) is 17.5 Å². The molecule has 0 saturated heterocycles. The molecule has 0 radical (unpaired) electrons. The van der Waals surface area contributed by atoms with Crippen molar-refractivity contribution < 1.29 is 4.79 Å². The lowest BCUT2D eigenvalue weighted by atomic mass is 10.2. The van der Waals surface area contributed by atoms with Gasteiger partial charge in [0.05, 0.1) is 0 Å². The number of rotatable bonds is 7. The Morgan fingerprint density at radius 1 is 1.39 bits per heavy atom. The van der Waals surface area contributed by atoms with Crippen LogP contribution in [0.5, 0.6) is 0 Å². The van der Waals surface area contributed by atoms with E-state index >= 15 is 0 Å². The van der Waals surface area contributed by atoms with Crippen LogP contribution in [0.3, 0.4) is 0 Å². The molecule has 23 heavy (non-hydrogen) atoms. The summed E-state index contributed by atoms with van der Waals surface area (Å²) in [6.45, 7) is 4.70. The number of aryl methyl sites for hydroxylation is 1. The van der Waals surface area contributed by atoms with Gasteiger partial charge in [-0.3, -0.25) is 14.6 Å². The fourth-order valence-electron chi connectivity index (χ4n) is 2.12. The van der Waals surface area contributed by atoms with Crippen molar-refractivity contribution in [3.8, 4) is 0 Å². The zero-order valence-corrected chi connectivity index (χ0v) is 13.3. The van der Waals surface area contributed by atoms with Crippen LogP contribution in [0, 0.1) is 6.92 Å². The van der Waals surface area contributed by atoms with Gasteiger partial charge in [-0.05, 0) is 31.0 Å². The number of H-pyrrole nitrogens is 1. The Bertz CT molecular complexity index is 754. The van der Waals surface area contributed by atoms with Crippen LogP contribution in [0.15, 0.2) is 29.1 Å². The molecule has 1 aromatic carbocycles. The topological polar surface area (TPSA) is 113 Å². The van der Waals surface area contributed by atoms with Gasteiger partial charge in [-0.15, -0.1) is 0 Å². The van der Waals surface area contributed by atoms with Gasteiger partial charge in [-0.2, -0.15) is 4.98 Å². The minimum Gasteiger partial charge on any atom is -0.365 e. The third-order valence-corrected chi connectivity index (χ3v) is 3.27. The van der Waals surface area contributed by atoms with E-state index in [0.717, 1.165) is 24.1 Å². The molecule has 1 aromatic heterocycles. The minimum atomic E-state index is -0.825. The van der Waals surface area contributed by atoms with Gasteiger partial charge < -0.3 is 16.4 Å². The van der Waals surface area contributed by atoms with E-state index in [1.165, 1.54) is 0 Å². The highest BCUT2D eigenvalue weighted by atomic mass is 16.2. The molecule has 7 nitrogen and oxygen atoms in total. The predicted octanol–water partition coefficient (Wildman–Crippen LogP) is 2.13. The molecule has 0 unspecified atom stereocenters. The van der Waals surface area contributed by atoms with E-state index in [1.54, 1.807) is 0 Å². The van der Waals surface area contributed by atoms with Crippen molar-refractivity contribution in [2.24, 2.45) is 5.73 Å². The SMILES string of the molecule is CCCCNc1nc(Nc2cccc(C)c2)c(C(N)=O)c(=O)[nH]1. The molecule has 122 valence electrons. The van der Waals surface area contributed by atoms with Crippen LogP contribution >= 0.6 is 0 Å². The summed E-state index contributed by atoms with van der Waals surface area (Å²) in [4.78, 5) is 30.5. The standard InChI is InChI=1S/C16H21N5O2/c1-3-4-8-18-16-20-14(12(13(17)22)15(23)21-16)19-11-7-5-6-10(2)9-11/h5-7,9H,3-4,8H2,1-2H3,(H2,17,22)(H3,18,19,20,21,23). The van der Waals surface area contributed by atoms with E-state index in [2.05, 4.69) is 27.5 Å². The van der Waals surface area contributed by atoms with E-state index in [9.17, 15) is 9.59 Å². The number of primary amides is 1. The maximum absolute atomic E-state index is 12.1. The molecule has 0 aliphatic carbocycles. The Morgan fingerprint density at radius 3 is 2.83 bits per heavy atom. The van der Waals surface area contributed by atoms with Crippen molar-refractivity contribution in [1.82, 2.24) is 9.97 Å². The Balaban J connectivity index is 2.37. The quantitative estimate of drug-likeness (QED) is 0.585. The van der Waals surface area contributed by atoms with Crippen molar-refractivity contribution in [1.29, 1.82) is 0 Å². The Kier molecular flexibility index (Phi) is 5.35. The molecule has 0 atom stereocenters. The second-order valence-electron chi connectivity index (χ2n) is 5.28. The largest absolute Gasteiger partial charge is 0.365 e. The van der Waals surface area contributed by atoms with Crippen molar-refractivity contribution in [2.75, 3.05) is 17.2 Å². The molecule has 0 fully saturated rings. The number of benzene rings is 1. The van der Waals surface area contributed by atoms with Gasteiger partial charge in [0.15, 0.2) is 5.82 Å². The van der Waals surface area contributed by atoms with Crippen molar-refractivity contribution in [3.05, 3.63) is 45.7 Å². The lowest BCUT2D eigenvalue weighted by molar-refractivity contribution is 0.0999. The van der Waals surface area contributed by atoms with Crippen LogP contribution in [0.25, 0.3) is 0 Å². The first-order valence-electron chi connectivity index (χ1n) is 7.53. The second kappa shape index (κ2) is 7.44. The van der Waals surface area contributed by atoms with Crippen molar-refractivity contribution in [2.45, 2.75) is 26.7 Å². The molecule has 7 heteroatoms. The molecule has 0 spiro atoms. The van der Waals surface area contributed by atoms with Crippen molar-refractivity contribution in [3.63, 3.8) is 0 Å². The number of hydrogen-bond acceptors (Lipinski definition) is 5. The highest BCUT2D eigenvalue weighted by Gasteiger charge is 2.16. The molecule has 5 N–H and O–H groups in total. The summed E-state index contributed by atoms with van der Waals surface area (Å²) in [5.74, 6) is -0.372. The zero-order valence-electron chi connectivity index (χ0n) is 13.3. The van der Waals surface area contributed by atoms with Gasteiger partial charge in [0.2, 0.25) is 5.95 Å². The average Bonchev–Trinajstić information content (AvgIpc) is 2.46. The van der Waals surface area contributed by atoms with Crippen LogP contribution in [-0.4, -0.2) is 22.4 Å². The molecular weight excluding hydrogens is 294 g/mol. The van der Waals surface area contributed by atoms with E-state index in [0.29, 0.717) is 12.5 Å². The molecular formula is C16H21N5O2. The number of hydrogen-bond donors (Lipinski definition) is 4. The van der Waals surface area contributed by atoms with E-state index < -0.39 is 11.5 Å². The summed E-state index contributed by atoms with van der Waals surface area (Å²) in [6.07, 6.45) is 1.97. The Morgan fingerprint density at radius 2 is 2.17 bits per heavy atom. The smallest absolute Gasteiger partial charge is 0.267 e. The summed E-state index contributed by atoms with van der Waals surface area (Å²) in [7, 11) is 0. The third kappa shape index (κ3) is 4.32. The zero-order chi connectivity index (χ0) is 16.8. The highest BCUT2D eigenvalue weighted by molar-refractivity contribution is 5.98. The number of nitrogens with two attached hydrogens (primary N) is 1. The fraction of sp³-hybridized carbons (Fsp3) is 0.312. The maximum atomic E-state index is 12.1. The van der Waals surface area contributed by atoms with E-state index in [4.69, 9.17) is 5.73 Å². The number of nitrogens with zero attached hydrogens (tertiary/aromatic N) is 1. The Hall–Kier alpha value is -2.83. The molecule has 0 aliphatic rings. The predicted molar refractivity (Wildman–Crippen MR) is 91.2 cm³/mol. The summed E-state index contributed by atoms with van der Waals surface area (Å²) >= 11 is 0. The van der Waals surface area contributed by atoms with Gasteiger partial charge in [-0.1, -0.05) is 25.5 Å². The third-order valence-electron chi connectivity index (χ3n) is 3.27. The van der Waals surface area contributed by atoms with E-state index in [1.807, 2.05) is 31.2 Å².